The van der Waals surface area contributed by atoms with E-state index in [4.69, 9.17) is 9.16 Å². The summed E-state index contributed by atoms with van der Waals surface area (Å²) in [5.41, 5.74) is -0.436. The van der Waals surface area contributed by atoms with Crippen LogP contribution in [0, 0.1) is 5.92 Å². The van der Waals surface area contributed by atoms with Crippen molar-refractivity contribution in [2.75, 3.05) is 20.2 Å². The molecule has 2 aliphatic carbocycles. The van der Waals surface area contributed by atoms with E-state index in [0.717, 1.165) is 37.0 Å². The predicted molar refractivity (Wildman–Crippen MR) is 183 cm³/mol. The number of ether oxygens (including phenoxy) is 1. The average Bonchev–Trinajstić information content (AvgIpc) is 3.92. The molecular weight excluding hydrogens is 637 g/mol. The van der Waals surface area contributed by atoms with Crippen LogP contribution in [0.3, 0.4) is 0 Å². The summed E-state index contributed by atoms with van der Waals surface area (Å²) >= 11 is 0. The summed E-state index contributed by atoms with van der Waals surface area (Å²) in [6.07, 6.45) is 8.64. The van der Waals surface area contributed by atoms with Crippen LogP contribution < -0.4 is 14.8 Å². The number of nitrogens with one attached hydrogen (secondary N) is 2. The monoisotopic (exact) mass is 688 g/mol. The maximum absolute atomic E-state index is 14.5. The van der Waals surface area contributed by atoms with Crippen LogP contribution in [0.15, 0.2) is 36.4 Å². The molecule has 3 fully saturated rings. The minimum Gasteiger partial charge on any atom is -0.497 e. The molecule has 47 heavy (non-hydrogen) atoms. The molecular formula is C34H52N4O7SSi. The number of amides is 4. The van der Waals surface area contributed by atoms with Crippen LogP contribution in [-0.4, -0.2) is 87.5 Å². The van der Waals surface area contributed by atoms with Gasteiger partial charge in [-0.05, 0) is 74.4 Å². The van der Waals surface area contributed by atoms with Crippen LogP contribution in [0.25, 0.3) is 0 Å². The van der Waals surface area contributed by atoms with Crippen molar-refractivity contribution in [3.05, 3.63) is 42.0 Å². The highest BCUT2D eigenvalue weighted by molar-refractivity contribution is 7.91. The Balaban J connectivity index is 1.45. The van der Waals surface area contributed by atoms with Gasteiger partial charge in [-0.3, -0.25) is 14.3 Å². The summed E-state index contributed by atoms with van der Waals surface area (Å²) < 4.78 is 39.8. The Morgan fingerprint density at radius 1 is 1.11 bits per heavy atom. The van der Waals surface area contributed by atoms with Gasteiger partial charge < -0.3 is 24.3 Å². The molecule has 0 unspecified atom stereocenters. The second-order valence-corrected chi connectivity index (χ2v) is 21.9. The molecule has 2 heterocycles. The zero-order valence-electron chi connectivity index (χ0n) is 28.7. The summed E-state index contributed by atoms with van der Waals surface area (Å²) in [6.45, 7) is 11.9. The number of carbonyl (C=O) groups excluding carboxylic acids is 3. The first-order valence-corrected chi connectivity index (χ1v) is 21.4. The van der Waals surface area contributed by atoms with E-state index in [0.29, 0.717) is 38.8 Å². The van der Waals surface area contributed by atoms with Crippen molar-refractivity contribution in [3.8, 4) is 5.75 Å². The molecule has 0 spiro atoms. The van der Waals surface area contributed by atoms with Gasteiger partial charge in [0.05, 0.1) is 18.5 Å². The zero-order valence-corrected chi connectivity index (χ0v) is 30.5. The van der Waals surface area contributed by atoms with Gasteiger partial charge in [0.1, 0.15) is 17.3 Å². The van der Waals surface area contributed by atoms with E-state index < -0.39 is 47.0 Å². The van der Waals surface area contributed by atoms with Crippen molar-refractivity contribution in [1.82, 2.24) is 19.8 Å². The lowest BCUT2D eigenvalue weighted by atomic mass is 10.1. The molecule has 13 heteroatoms. The standard InChI is InChI=1S/C34H52N4O7SSi/c1-33(2,3)47(5,6)45-27-20-29-30(39)35-34(31(40)36-46(42,43)28-17-18-28)21-25(34)12-10-8-7-9-11-19-37(32(41)38(29)23-27)22-24-13-15-26(44-4)16-14-24/h10,12-16,25,27-29H,7-9,11,17-23H2,1-6H3,(H,35,39)(H,36,40)/b12-10-/t25-,27-,29+,34-/m1/s1. The number of hydrogen-bond donors (Lipinski definition) is 2. The van der Waals surface area contributed by atoms with Crippen LogP contribution in [0.4, 0.5) is 4.79 Å². The molecule has 4 atom stereocenters. The van der Waals surface area contributed by atoms with Gasteiger partial charge in [0, 0.05) is 32.0 Å². The van der Waals surface area contributed by atoms with E-state index in [-0.39, 0.29) is 29.6 Å². The summed E-state index contributed by atoms with van der Waals surface area (Å²) in [4.78, 5) is 45.7. The number of allylic oxidation sites excluding steroid dienone is 1. The number of rotatable bonds is 8. The number of urea groups is 1. The van der Waals surface area contributed by atoms with E-state index in [2.05, 4.69) is 43.9 Å². The molecule has 1 aromatic carbocycles. The van der Waals surface area contributed by atoms with Gasteiger partial charge in [0.15, 0.2) is 8.32 Å². The lowest BCUT2D eigenvalue weighted by Gasteiger charge is -2.38. The van der Waals surface area contributed by atoms with E-state index in [9.17, 15) is 22.8 Å². The summed E-state index contributed by atoms with van der Waals surface area (Å²) in [6, 6.07) is 6.49. The first-order chi connectivity index (χ1) is 22.1. The molecule has 1 saturated heterocycles. The van der Waals surface area contributed by atoms with Crippen molar-refractivity contribution in [1.29, 1.82) is 0 Å². The van der Waals surface area contributed by atoms with Gasteiger partial charge in [-0.2, -0.15) is 0 Å². The third-order valence-corrected chi connectivity index (χ3v) is 16.9. The SMILES string of the molecule is COc1ccc(CN2CCCCC/C=C\[C@@H]3C[C@@]3(C(=O)NS(=O)(=O)C3CC3)NC(=O)[C@@H]3C[C@@H](O[Si](C)(C)C(C)(C)C)CN3C2=O)cc1. The topological polar surface area (TPSA) is 134 Å². The first-order valence-electron chi connectivity index (χ1n) is 17.0. The van der Waals surface area contributed by atoms with Crippen LogP contribution >= 0.6 is 0 Å². The number of benzene rings is 1. The predicted octanol–water partition coefficient (Wildman–Crippen LogP) is 4.70. The average molecular weight is 689 g/mol. The van der Waals surface area contributed by atoms with Crippen LogP contribution in [0.2, 0.25) is 18.1 Å². The maximum Gasteiger partial charge on any atom is 0.321 e. The number of methoxy groups -OCH3 is 1. The van der Waals surface area contributed by atoms with E-state index in [1.165, 1.54) is 0 Å². The Bertz CT molecular complexity index is 1470. The molecule has 0 radical (unpaired) electrons. The Labute approximate surface area is 281 Å². The van der Waals surface area contributed by atoms with E-state index >= 15 is 0 Å². The molecule has 0 bridgehead atoms. The minimum absolute atomic E-state index is 0.0703. The third-order valence-electron chi connectivity index (χ3n) is 10.5. The molecule has 5 rings (SSSR count). The zero-order chi connectivity index (χ0) is 34.2. The van der Waals surface area contributed by atoms with Gasteiger partial charge in [0.2, 0.25) is 15.9 Å². The van der Waals surface area contributed by atoms with Crippen LogP contribution in [0.1, 0.15) is 77.7 Å². The van der Waals surface area contributed by atoms with Crippen molar-refractivity contribution in [2.45, 2.75) is 120 Å². The van der Waals surface area contributed by atoms with Crippen molar-refractivity contribution < 1.29 is 32.0 Å². The largest absolute Gasteiger partial charge is 0.497 e. The molecule has 2 saturated carbocycles. The normalized spacial score (nSPS) is 28.3. The summed E-state index contributed by atoms with van der Waals surface area (Å²) in [5, 5.41) is 2.33. The van der Waals surface area contributed by atoms with Gasteiger partial charge >= 0.3 is 6.03 Å². The maximum atomic E-state index is 14.5. The van der Waals surface area contributed by atoms with Gasteiger partial charge in [-0.25, -0.2) is 13.2 Å². The fourth-order valence-corrected chi connectivity index (χ4v) is 9.00. The molecule has 4 aliphatic rings. The highest BCUT2D eigenvalue weighted by atomic mass is 32.2. The number of sulfonamides is 1. The molecule has 2 aliphatic heterocycles. The molecule has 2 N–H and O–H groups in total. The minimum atomic E-state index is -3.81. The Morgan fingerprint density at radius 2 is 1.81 bits per heavy atom. The molecule has 260 valence electrons. The van der Waals surface area contributed by atoms with Crippen LogP contribution in [-0.2, 0) is 30.6 Å². The Hall–Kier alpha value is -2.90. The third kappa shape index (κ3) is 8.05. The van der Waals surface area contributed by atoms with E-state index in [1.54, 1.807) is 16.9 Å². The fourth-order valence-electron chi connectivity index (χ4n) is 6.28. The fraction of sp³-hybridized carbons (Fsp3) is 0.676. The number of hydrogen-bond acceptors (Lipinski definition) is 7. The Morgan fingerprint density at radius 3 is 2.45 bits per heavy atom. The molecule has 11 nitrogen and oxygen atoms in total. The molecule has 1 aromatic rings. The van der Waals surface area contributed by atoms with Crippen molar-refractivity contribution >= 4 is 36.2 Å². The Kier molecular flexibility index (Phi) is 10.2. The molecule has 4 amide bonds. The number of fused-ring (bicyclic) bond motifs is 2. The molecule has 0 aromatic heterocycles. The summed E-state index contributed by atoms with van der Waals surface area (Å²) in [7, 11) is -4.45. The first kappa shape index (κ1) is 35.4. The quantitative estimate of drug-likeness (QED) is 0.299. The highest BCUT2D eigenvalue weighted by Crippen LogP contribution is 2.46. The van der Waals surface area contributed by atoms with Gasteiger partial charge in [0.25, 0.3) is 5.91 Å². The van der Waals surface area contributed by atoms with Crippen molar-refractivity contribution in [2.24, 2.45) is 5.92 Å². The number of carbonyl (C=O) groups is 3. The second-order valence-electron chi connectivity index (χ2n) is 15.2. The van der Waals surface area contributed by atoms with Gasteiger partial charge in [-0.15, -0.1) is 0 Å². The van der Waals surface area contributed by atoms with Crippen LogP contribution in [0.5, 0.6) is 5.75 Å². The lowest BCUT2D eigenvalue weighted by molar-refractivity contribution is -0.131. The second kappa shape index (κ2) is 13.5. The smallest absolute Gasteiger partial charge is 0.321 e. The van der Waals surface area contributed by atoms with E-state index in [1.807, 2.05) is 36.4 Å². The van der Waals surface area contributed by atoms with Crippen molar-refractivity contribution in [3.63, 3.8) is 0 Å². The highest BCUT2D eigenvalue weighted by Gasteiger charge is 2.62. The summed E-state index contributed by atoms with van der Waals surface area (Å²) in [5.74, 6) is -0.771. The van der Waals surface area contributed by atoms with Gasteiger partial charge in [-0.1, -0.05) is 51.5 Å². The number of nitrogens with zero attached hydrogens (tertiary/aromatic N) is 2. The lowest BCUT2D eigenvalue weighted by Crippen LogP contribution is -2.57.